The maximum absolute atomic E-state index is 12.3. The molecule has 1 heterocycles. The molecule has 2 rings (SSSR count). The van der Waals surface area contributed by atoms with Crippen molar-refractivity contribution in [3.63, 3.8) is 0 Å². The van der Waals surface area contributed by atoms with Gasteiger partial charge in [0, 0.05) is 19.0 Å². The maximum atomic E-state index is 12.3. The van der Waals surface area contributed by atoms with E-state index in [-0.39, 0.29) is 17.9 Å². The highest BCUT2D eigenvalue weighted by Gasteiger charge is 2.31. The summed E-state index contributed by atoms with van der Waals surface area (Å²) in [6.45, 7) is 5.28. The first-order valence-corrected chi connectivity index (χ1v) is 6.70. The number of nitrogens with zero attached hydrogens (tertiary/aromatic N) is 1. The van der Waals surface area contributed by atoms with Crippen molar-refractivity contribution in [3.8, 4) is 0 Å². The Bertz CT molecular complexity index is 413. The summed E-state index contributed by atoms with van der Waals surface area (Å²) in [4.78, 5) is 14.3. The number of carbonyl (C=O) groups excluding carboxylic acids is 1. The van der Waals surface area contributed by atoms with Gasteiger partial charge >= 0.3 is 0 Å². The first kappa shape index (κ1) is 13.1. The average molecular weight is 246 g/mol. The van der Waals surface area contributed by atoms with Crippen LogP contribution in [0.5, 0.6) is 0 Å². The molecule has 0 radical (unpaired) electrons. The molecule has 2 N–H and O–H groups in total. The standard InChI is InChI=1S/C15H22N2O/c1-11-5-7-13(8-6-11)14-4-3-9-17(14)15(18)12(2)10-16/h5-8,12,14H,3-4,9-10,16H2,1-2H3. The number of carbonyl (C=O) groups is 1. The van der Waals surface area contributed by atoms with Gasteiger partial charge in [-0.25, -0.2) is 0 Å². The van der Waals surface area contributed by atoms with Crippen molar-refractivity contribution in [2.45, 2.75) is 32.7 Å². The van der Waals surface area contributed by atoms with E-state index >= 15 is 0 Å². The second-order valence-electron chi connectivity index (χ2n) is 5.24. The van der Waals surface area contributed by atoms with Crippen LogP contribution in [0.3, 0.4) is 0 Å². The summed E-state index contributed by atoms with van der Waals surface area (Å²) < 4.78 is 0. The lowest BCUT2D eigenvalue weighted by molar-refractivity contribution is -0.135. The van der Waals surface area contributed by atoms with E-state index in [1.165, 1.54) is 11.1 Å². The highest BCUT2D eigenvalue weighted by atomic mass is 16.2. The Kier molecular flexibility index (Phi) is 4.02. The molecule has 98 valence electrons. The minimum Gasteiger partial charge on any atom is -0.335 e. The number of aryl methyl sites for hydroxylation is 1. The van der Waals surface area contributed by atoms with Gasteiger partial charge in [0.05, 0.1) is 6.04 Å². The number of benzene rings is 1. The van der Waals surface area contributed by atoms with Gasteiger partial charge in [-0.2, -0.15) is 0 Å². The molecule has 0 aromatic heterocycles. The second-order valence-corrected chi connectivity index (χ2v) is 5.24. The summed E-state index contributed by atoms with van der Waals surface area (Å²) in [6, 6.07) is 8.75. The van der Waals surface area contributed by atoms with Gasteiger partial charge in [0.2, 0.25) is 5.91 Å². The Balaban J connectivity index is 2.17. The topological polar surface area (TPSA) is 46.3 Å². The van der Waals surface area contributed by atoms with Gasteiger partial charge in [-0.1, -0.05) is 36.8 Å². The minimum atomic E-state index is -0.0731. The smallest absolute Gasteiger partial charge is 0.227 e. The summed E-state index contributed by atoms with van der Waals surface area (Å²) >= 11 is 0. The van der Waals surface area contributed by atoms with Crippen LogP contribution in [0.2, 0.25) is 0 Å². The summed E-state index contributed by atoms with van der Waals surface area (Å²) in [5.74, 6) is 0.122. The molecule has 0 saturated carbocycles. The molecular weight excluding hydrogens is 224 g/mol. The van der Waals surface area contributed by atoms with Crippen LogP contribution in [0.15, 0.2) is 24.3 Å². The fourth-order valence-corrected chi connectivity index (χ4v) is 2.55. The van der Waals surface area contributed by atoms with Gasteiger partial charge in [0.15, 0.2) is 0 Å². The van der Waals surface area contributed by atoms with E-state index in [9.17, 15) is 4.79 Å². The first-order valence-electron chi connectivity index (χ1n) is 6.70. The number of likely N-dealkylation sites (tertiary alicyclic amines) is 1. The van der Waals surface area contributed by atoms with Crippen LogP contribution in [0.1, 0.15) is 36.9 Å². The minimum absolute atomic E-state index is 0.0731. The lowest BCUT2D eigenvalue weighted by Crippen LogP contribution is -2.37. The Labute approximate surface area is 109 Å². The van der Waals surface area contributed by atoms with Crippen molar-refractivity contribution in [3.05, 3.63) is 35.4 Å². The highest BCUT2D eigenvalue weighted by Crippen LogP contribution is 2.32. The largest absolute Gasteiger partial charge is 0.335 e. The summed E-state index contributed by atoms with van der Waals surface area (Å²) in [5, 5.41) is 0. The van der Waals surface area contributed by atoms with Crippen LogP contribution in [-0.4, -0.2) is 23.9 Å². The van der Waals surface area contributed by atoms with Crippen molar-refractivity contribution < 1.29 is 4.79 Å². The van der Waals surface area contributed by atoms with Gasteiger partial charge in [0.25, 0.3) is 0 Å². The summed E-state index contributed by atoms with van der Waals surface area (Å²) in [7, 11) is 0. The van der Waals surface area contributed by atoms with Crippen LogP contribution in [0.4, 0.5) is 0 Å². The summed E-state index contributed by atoms with van der Waals surface area (Å²) in [6.07, 6.45) is 2.15. The molecule has 18 heavy (non-hydrogen) atoms. The second kappa shape index (κ2) is 5.53. The number of amides is 1. The third kappa shape index (κ3) is 2.56. The van der Waals surface area contributed by atoms with E-state index < -0.39 is 0 Å². The van der Waals surface area contributed by atoms with Crippen LogP contribution in [0.25, 0.3) is 0 Å². The third-order valence-corrected chi connectivity index (χ3v) is 3.77. The molecule has 1 aliphatic rings. The Morgan fingerprint density at radius 2 is 2.11 bits per heavy atom. The van der Waals surface area contributed by atoms with Gasteiger partial charge < -0.3 is 10.6 Å². The van der Waals surface area contributed by atoms with E-state index in [0.717, 1.165) is 19.4 Å². The van der Waals surface area contributed by atoms with E-state index in [1.54, 1.807) is 0 Å². The van der Waals surface area contributed by atoms with Crippen LogP contribution < -0.4 is 5.73 Å². The van der Waals surface area contributed by atoms with Gasteiger partial charge in [-0.3, -0.25) is 4.79 Å². The van der Waals surface area contributed by atoms with E-state index in [0.29, 0.717) is 6.54 Å². The molecule has 1 aliphatic heterocycles. The quantitative estimate of drug-likeness (QED) is 0.889. The lowest BCUT2D eigenvalue weighted by Gasteiger charge is -2.27. The predicted molar refractivity (Wildman–Crippen MR) is 73.1 cm³/mol. The normalized spacial score (nSPS) is 21.1. The van der Waals surface area contributed by atoms with Crippen molar-refractivity contribution in [2.24, 2.45) is 11.7 Å². The van der Waals surface area contributed by atoms with E-state index in [1.807, 2.05) is 11.8 Å². The molecule has 0 aliphatic carbocycles. The van der Waals surface area contributed by atoms with Crippen LogP contribution in [0, 0.1) is 12.8 Å². The molecular formula is C15H22N2O. The zero-order valence-electron chi connectivity index (χ0n) is 11.2. The number of nitrogens with two attached hydrogens (primary N) is 1. The van der Waals surface area contributed by atoms with Crippen LogP contribution >= 0.6 is 0 Å². The molecule has 1 fully saturated rings. The van der Waals surface area contributed by atoms with E-state index in [2.05, 4.69) is 31.2 Å². The summed E-state index contributed by atoms with van der Waals surface area (Å²) in [5.41, 5.74) is 8.10. The zero-order valence-corrected chi connectivity index (χ0v) is 11.2. The highest BCUT2D eigenvalue weighted by molar-refractivity contribution is 5.79. The maximum Gasteiger partial charge on any atom is 0.227 e. The lowest BCUT2D eigenvalue weighted by atomic mass is 10.0. The van der Waals surface area contributed by atoms with Gasteiger partial charge in [-0.15, -0.1) is 0 Å². The molecule has 0 spiro atoms. The zero-order chi connectivity index (χ0) is 13.1. The number of rotatable bonds is 3. The Hall–Kier alpha value is -1.35. The molecule has 0 bridgehead atoms. The van der Waals surface area contributed by atoms with E-state index in [4.69, 9.17) is 5.73 Å². The van der Waals surface area contributed by atoms with Crippen molar-refractivity contribution in [1.82, 2.24) is 4.90 Å². The monoisotopic (exact) mass is 246 g/mol. The Morgan fingerprint density at radius 1 is 1.44 bits per heavy atom. The average Bonchev–Trinajstić information content (AvgIpc) is 2.87. The molecule has 3 heteroatoms. The SMILES string of the molecule is Cc1ccc(C2CCCN2C(=O)C(C)CN)cc1. The molecule has 1 aromatic rings. The third-order valence-electron chi connectivity index (χ3n) is 3.77. The first-order chi connectivity index (χ1) is 8.63. The van der Waals surface area contributed by atoms with Crippen molar-refractivity contribution >= 4 is 5.91 Å². The number of hydrogen-bond donors (Lipinski definition) is 1. The predicted octanol–water partition coefficient (Wildman–Crippen LogP) is 2.25. The van der Waals surface area contributed by atoms with Crippen molar-refractivity contribution in [2.75, 3.05) is 13.1 Å². The Morgan fingerprint density at radius 3 is 2.72 bits per heavy atom. The molecule has 2 unspecified atom stereocenters. The fourth-order valence-electron chi connectivity index (χ4n) is 2.55. The number of hydrogen-bond acceptors (Lipinski definition) is 2. The van der Waals surface area contributed by atoms with Crippen LogP contribution in [-0.2, 0) is 4.79 Å². The fraction of sp³-hybridized carbons (Fsp3) is 0.533. The molecule has 3 nitrogen and oxygen atoms in total. The molecule has 1 aromatic carbocycles. The van der Waals surface area contributed by atoms with Gasteiger partial charge in [0.1, 0.15) is 0 Å². The molecule has 2 atom stereocenters. The van der Waals surface area contributed by atoms with Crippen molar-refractivity contribution in [1.29, 1.82) is 0 Å². The molecule has 1 saturated heterocycles. The van der Waals surface area contributed by atoms with Gasteiger partial charge in [-0.05, 0) is 25.3 Å². The molecule has 1 amide bonds.